The third kappa shape index (κ3) is 2.87. The summed E-state index contributed by atoms with van der Waals surface area (Å²) in [5, 5.41) is 6.77. The number of nitrogens with zero attached hydrogens (tertiary/aromatic N) is 2. The largest absolute Gasteiger partial charge is 0.338 e. The first-order chi connectivity index (χ1) is 10.6. The monoisotopic (exact) mass is 305 g/mol. The average Bonchev–Trinajstić information content (AvgIpc) is 3.33. The van der Waals surface area contributed by atoms with E-state index in [1.165, 1.54) is 0 Å². The molecule has 0 aromatic carbocycles. The Morgan fingerprint density at radius 2 is 2.09 bits per heavy atom. The van der Waals surface area contributed by atoms with Gasteiger partial charge in [-0.2, -0.15) is 0 Å². The van der Waals surface area contributed by atoms with E-state index in [-0.39, 0.29) is 23.8 Å². The molecule has 1 unspecified atom stereocenters. The fourth-order valence-electron chi connectivity index (χ4n) is 3.04. The molecule has 1 aliphatic heterocycles. The summed E-state index contributed by atoms with van der Waals surface area (Å²) in [6.07, 6.45) is 5.36. The van der Waals surface area contributed by atoms with Crippen LogP contribution in [0.3, 0.4) is 0 Å². The van der Waals surface area contributed by atoms with Gasteiger partial charge in [-0.05, 0) is 45.4 Å². The number of aryl methyl sites for hydroxylation is 1. The van der Waals surface area contributed by atoms with Crippen molar-refractivity contribution in [2.24, 2.45) is 5.92 Å². The van der Waals surface area contributed by atoms with Crippen molar-refractivity contribution in [3.8, 4) is 0 Å². The van der Waals surface area contributed by atoms with Crippen LogP contribution in [-0.2, 0) is 16.0 Å². The molecule has 6 heteroatoms. The number of piperidine rings is 1. The Bertz CT molecular complexity index is 577. The zero-order valence-electron chi connectivity index (χ0n) is 13.2. The van der Waals surface area contributed by atoms with E-state index in [2.05, 4.69) is 10.5 Å². The molecule has 1 saturated heterocycles. The summed E-state index contributed by atoms with van der Waals surface area (Å²) in [7, 11) is 0. The summed E-state index contributed by atoms with van der Waals surface area (Å²) in [5.41, 5.74) is 1.72. The number of anilines is 1. The first-order valence-corrected chi connectivity index (χ1v) is 8.18. The highest BCUT2D eigenvalue weighted by Crippen LogP contribution is 2.33. The van der Waals surface area contributed by atoms with Crippen LogP contribution in [0.2, 0.25) is 0 Å². The van der Waals surface area contributed by atoms with Gasteiger partial charge in [0.1, 0.15) is 6.04 Å². The summed E-state index contributed by atoms with van der Waals surface area (Å²) in [5.74, 6) is 0.539. The molecule has 2 aliphatic rings. The lowest BCUT2D eigenvalue weighted by Gasteiger charge is -2.34. The smallest absolute Gasteiger partial charge is 0.249 e. The van der Waals surface area contributed by atoms with Gasteiger partial charge >= 0.3 is 0 Å². The Hall–Kier alpha value is -1.85. The van der Waals surface area contributed by atoms with Crippen LogP contribution in [0, 0.1) is 12.8 Å². The van der Waals surface area contributed by atoms with Crippen LogP contribution in [0.25, 0.3) is 0 Å². The molecule has 22 heavy (non-hydrogen) atoms. The minimum absolute atomic E-state index is 0.142. The Labute approximate surface area is 130 Å². The maximum absolute atomic E-state index is 12.6. The van der Waals surface area contributed by atoms with Crippen LogP contribution in [0.4, 0.5) is 5.88 Å². The summed E-state index contributed by atoms with van der Waals surface area (Å²) in [6, 6.07) is -0.378. The SMILES string of the molecule is CCc1noc(NC(=O)C2CCCCN2C(=O)C2CC2)c1C. The number of carbonyl (C=O) groups is 2. The van der Waals surface area contributed by atoms with E-state index < -0.39 is 0 Å². The highest BCUT2D eigenvalue weighted by Gasteiger charge is 2.39. The van der Waals surface area contributed by atoms with E-state index in [4.69, 9.17) is 4.52 Å². The molecule has 120 valence electrons. The number of likely N-dealkylation sites (tertiary alicyclic amines) is 1. The van der Waals surface area contributed by atoms with Crippen molar-refractivity contribution in [2.75, 3.05) is 11.9 Å². The number of hydrogen-bond acceptors (Lipinski definition) is 4. The number of amides is 2. The van der Waals surface area contributed by atoms with Gasteiger partial charge in [-0.15, -0.1) is 0 Å². The quantitative estimate of drug-likeness (QED) is 0.926. The molecular weight excluding hydrogens is 282 g/mol. The number of carbonyl (C=O) groups excluding carboxylic acids is 2. The standard InChI is InChI=1S/C16H23N3O3/c1-3-12-10(2)15(22-18-12)17-14(20)13-6-4-5-9-19(13)16(21)11-7-8-11/h11,13H,3-9H2,1-2H3,(H,17,20). The minimum atomic E-state index is -0.378. The van der Waals surface area contributed by atoms with Gasteiger partial charge in [0.25, 0.3) is 0 Å². The highest BCUT2D eigenvalue weighted by atomic mass is 16.5. The number of hydrogen-bond donors (Lipinski definition) is 1. The zero-order chi connectivity index (χ0) is 15.7. The molecule has 1 atom stereocenters. The van der Waals surface area contributed by atoms with Gasteiger partial charge in [-0.3, -0.25) is 14.9 Å². The van der Waals surface area contributed by atoms with Crippen LogP contribution in [0.15, 0.2) is 4.52 Å². The average molecular weight is 305 g/mol. The van der Waals surface area contributed by atoms with Gasteiger partial charge in [0.05, 0.1) is 5.69 Å². The van der Waals surface area contributed by atoms with E-state index in [0.29, 0.717) is 12.4 Å². The summed E-state index contributed by atoms with van der Waals surface area (Å²) < 4.78 is 5.22. The van der Waals surface area contributed by atoms with E-state index in [1.807, 2.05) is 13.8 Å². The lowest BCUT2D eigenvalue weighted by molar-refractivity contribution is -0.141. The second-order valence-corrected chi connectivity index (χ2v) is 6.24. The third-order valence-electron chi connectivity index (χ3n) is 4.61. The number of rotatable bonds is 4. The van der Waals surface area contributed by atoms with E-state index in [9.17, 15) is 9.59 Å². The predicted molar refractivity (Wildman–Crippen MR) is 81.3 cm³/mol. The molecule has 1 N–H and O–H groups in total. The van der Waals surface area contributed by atoms with Gasteiger partial charge in [-0.1, -0.05) is 12.1 Å². The van der Waals surface area contributed by atoms with Gasteiger partial charge in [-0.25, -0.2) is 0 Å². The minimum Gasteiger partial charge on any atom is -0.338 e. The number of nitrogens with one attached hydrogen (secondary N) is 1. The fourth-order valence-corrected chi connectivity index (χ4v) is 3.04. The Morgan fingerprint density at radius 1 is 1.32 bits per heavy atom. The Kier molecular flexibility index (Phi) is 4.18. The summed E-state index contributed by atoms with van der Waals surface area (Å²) in [4.78, 5) is 26.7. The van der Waals surface area contributed by atoms with Gasteiger partial charge < -0.3 is 9.42 Å². The maximum atomic E-state index is 12.6. The number of aromatic nitrogens is 1. The summed E-state index contributed by atoms with van der Waals surface area (Å²) >= 11 is 0. The molecule has 2 heterocycles. The Balaban J connectivity index is 1.71. The predicted octanol–water partition coefficient (Wildman–Crippen LogP) is 2.28. The van der Waals surface area contributed by atoms with Crippen LogP contribution in [0.5, 0.6) is 0 Å². The normalized spacial score (nSPS) is 21.7. The molecule has 0 spiro atoms. The van der Waals surface area contributed by atoms with Crippen molar-refractivity contribution in [1.29, 1.82) is 0 Å². The third-order valence-corrected chi connectivity index (χ3v) is 4.61. The molecule has 1 aliphatic carbocycles. The van der Waals surface area contributed by atoms with Gasteiger partial charge in [0.2, 0.25) is 17.7 Å². The maximum Gasteiger partial charge on any atom is 0.249 e. The van der Waals surface area contributed by atoms with Crippen molar-refractivity contribution in [1.82, 2.24) is 10.1 Å². The molecular formula is C16H23N3O3. The lowest BCUT2D eigenvalue weighted by Crippen LogP contribution is -2.50. The van der Waals surface area contributed by atoms with Crippen LogP contribution < -0.4 is 5.32 Å². The van der Waals surface area contributed by atoms with Crippen molar-refractivity contribution < 1.29 is 14.1 Å². The molecule has 0 radical (unpaired) electrons. The fraction of sp³-hybridized carbons (Fsp3) is 0.688. The zero-order valence-corrected chi connectivity index (χ0v) is 13.2. The van der Waals surface area contributed by atoms with Crippen LogP contribution >= 0.6 is 0 Å². The van der Waals surface area contributed by atoms with Gasteiger partial charge in [0.15, 0.2) is 0 Å². The van der Waals surface area contributed by atoms with Crippen molar-refractivity contribution in [2.45, 2.75) is 58.4 Å². The van der Waals surface area contributed by atoms with Crippen molar-refractivity contribution in [3.63, 3.8) is 0 Å². The first kappa shape index (κ1) is 15.1. The van der Waals surface area contributed by atoms with Crippen molar-refractivity contribution in [3.05, 3.63) is 11.3 Å². The molecule has 1 saturated carbocycles. The first-order valence-electron chi connectivity index (χ1n) is 8.18. The summed E-state index contributed by atoms with van der Waals surface area (Å²) in [6.45, 7) is 4.57. The van der Waals surface area contributed by atoms with Crippen LogP contribution in [-0.4, -0.2) is 34.5 Å². The molecule has 1 aromatic heterocycles. The molecule has 1 aromatic rings. The Morgan fingerprint density at radius 3 is 2.73 bits per heavy atom. The molecule has 0 bridgehead atoms. The van der Waals surface area contributed by atoms with Gasteiger partial charge in [0, 0.05) is 18.0 Å². The highest BCUT2D eigenvalue weighted by molar-refractivity contribution is 5.97. The second-order valence-electron chi connectivity index (χ2n) is 6.24. The molecule has 2 amide bonds. The molecule has 2 fully saturated rings. The lowest BCUT2D eigenvalue weighted by atomic mass is 10.0. The second kappa shape index (κ2) is 6.10. The van der Waals surface area contributed by atoms with E-state index in [1.54, 1.807) is 4.90 Å². The van der Waals surface area contributed by atoms with E-state index in [0.717, 1.165) is 49.8 Å². The topological polar surface area (TPSA) is 75.4 Å². The van der Waals surface area contributed by atoms with E-state index >= 15 is 0 Å². The van der Waals surface area contributed by atoms with Crippen molar-refractivity contribution >= 4 is 17.7 Å². The molecule has 3 rings (SSSR count). The molecule has 6 nitrogen and oxygen atoms in total. The van der Waals surface area contributed by atoms with Crippen LogP contribution in [0.1, 0.15) is 50.3 Å².